The molecule has 0 unspecified atom stereocenters. The van der Waals surface area contributed by atoms with Crippen LogP contribution in [0.3, 0.4) is 0 Å². The molecule has 0 heteroatoms. The molecule has 0 saturated carbocycles. The Labute approximate surface area is 233 Å². The van der Waals surface area contributed by atoms with Crippen molar-refractivity contribution in [2.45, 2.75) is 26.2 Å². The van der Waals surface area contributed by atoms with Crippen molar-refractivity contribution in [3.8, 4) is 33.4 Å². The quantitative estimate of drug-likeness (QED) is 0.153. The summed E-state index contributed by atoms with van der Waals surface area (Å²) in [6, 6.07) is 43.6. The summed E-state index contributed by atoms with van der Waals surface area (Å²) in [6.07, 6.45) is 0. The Morgan fingerprint density at radius 2 is 0.975 bits per heavy atom. The van der Waals surface area contributed by atoms with Gasteiger partial charge in [0.15, 0.2) is 0 Å². The number of rotatable bonds is 1. The molecular weight excluding hydrogens is 480 g/mol. The van der Waals surface area contributed by atoms with Gasteiger partial charge in [0.05, 0.1) is 0 Å². The fourth-order valence-electron chi connectivity index (χ4n) is 7.43. The summed E-state index contributed by atoms with van der Waals surface area (Å²) < 4.78 is 0. The number of hydrogen-bond donors (Lipinski definition) is 0. The van der Waals surface area contributed by atoms with Crippen LogP contribution in [0.5, 0.6) is 0 Å². The van der Waals surface area contributed by atoms with Crippen LogP contribution in [0.25, 0.3) is 87.2 Å². The van der Waals surface area contributed by atoms with Crippen LogP contribution < -0.4 is 0 Å². The van der Waals surface area contributed by atoms with Gasteiger partial charge in [0.25, 0.3) is 0 Å². The summed E-state index contributed by atoms with van der Waals surface area (Å²) >= 11 is 0. The largest absolute Gasteiger partial charge is 0.0616 e. The van der Waals surface area contributed by atoms with Gasteiger partial charge in [-0.25, -0.2) is 0 Å². The van der Waals surface area contributed by atoms with Gasteiger partial charge in [0.1, 0.15) is 0 Å². The van der Waals surface area contributed by atoms with Crippen LogP contribution in [0.1, 0.15) is 26.3 Å². The molecule has 0 heterocycles. The zero-order valence-corrected chi connectivity index (χ0v) is 23.0. The third-order valence-electron chi connectivity index (χ3n) is 9.27. The lowest BCUT2D eigenvalue weighted by atomic mass is 9.82. The smallest absolute Gasteiger partial charge is 0.00137 e. The van der Waals surface area contributed by atoms with Gasteiger partial charge in [-0.1, -0.05) is 136 Å². The van der Waals surface area contributed by atoms with E-state index in [2.05, 4.69) is 136 Å². The van der Waals surface area contributed by atoms with Crippen molar-refractivity contribution in [3.63, 3.8) is 0 Å². The SMILES string of the molecule is CC(C)(C)c1cc2ccc3ccc(-c4c5ccccc5c5c6c(cccc46)-c4ccccc4-5)c4ccc(c1)c2c34. The molecule has 0 spiro atoms. The van der Waals surface area contributed by atoms with E-state index < -0.39 is 0 Å². The van der Waals surface area contributed by atoms with Gasteiger partial charge in [0, 0.05) is 0 Å². The average Bonchev–Trinajstić information content (AvgIpc) is 3.31. The highest BCUT2D eigenvalue weighted by Crippen LogP contribution is 2.54. The van der Waals surface area contributed by atoms with Gasteiger partial charge in [-0.3, -0.25) is 0 Å². The molecule has 0 aliphatic heterocycles. The molecule has 0 atom stereocenters. The molecule has 0 saturated heterocycles. The van der Waals surface area contributed by atoms with E-state index in [0.717, 1.165) is 0 Å². The predicted molar refractivity (Wildman–Crippen MR) is 174 cm³/mol. The molecule has 8 aromatic carbocycles. The Balaban J connectivity index is 1.46. The molecule has 1 aliphatic carbocycles. The minimum Gasteiger partial charge on any atom is -0.0616 e. The van der Waals surface area contributed by atoms with Crippen LogP contribution in [-0.2, 0) is 5.41 Å². The lowest BCUT2D eigenvalue weighted by Gasteiger charge is -2.22. The first kappa shape index (κ1) is 22.2. The van der Waals surface area contributed by atoms with Crippen molar-refractivity contribution in [2.75, 3.05) is 0 Å². The fourth-order valence-corrected chi connectivity index (χ4v) is 7.43. The van der Waals surface area contributed by atoms with E-state index in [-0.39, 0.29) is 5.41 Å². The first-order chi connectivity index (χ1) is 19.5. The van der Waals surface area contributed by atoms with Crippen molar-refractivity contribution in [1.82, 2.24) is 0 Å². The van der Waals surface area contributed by atoms with Crippen molar-refractivity contribution in [3.05, 3.63) is 121 Å². The summed E-state index contributed by atoms with van der Waals surface area (Å²) in [5.74, 6) is 0. The van der Waals surface area contributed by atoms with Gasteiger partial charge in [-0.05, 0) is 98.2 Å². The molecule has 0 aromatic heterocycles. The van der Waals surface area contributed by atoms with Crippen molar-refractivity contribution in [2.24, 2.45) is 0 Å². The molecule has 0 amide bonds. The van der Waals surface area contributed by atoms with Crippen molar-refractivity contribution < 1.29 is 0 Å². The summed E-state index contributed by atoms with van der Waals surface area (Å²) in [5, 5.41) is 13.5. The summed E-state index contributed by atoms with van der Waals surface area (Å²) in [6.45, 7) is 6.91. The topological polar surface area (TPSA) is 0 Å². The Hall–Kier alpha value is -4.68. The molecular formula is C40H28. The van der Waals surface area contributed by atoms with E-state index >= 15 is 0 Å². The molecule has 8 aromatic rings. The second-order valence-corrected chi connectivity index (χ2v) is 12.5. The van der Waals surface area contributed by atoms with E-state index in [1.54, 1.807) is 0 Å². The minimum atomic E-state index is 0.108. The van der Waals surface area contributed by atoms with Crippen molar-refractivity contribution >= 4 is 53.9 Å². The Morgan fingerprint density at radius 1 is 0.375 bits per heavy atom. The van der Waals surface area contributed by atoms with E-state index in [4.69, 9.17) is 0 Å². The van der Waals surface area contributed by atoms with Crippen LogP contribution >= 0.6 is 0 Å². The van der Waals surface area contributed by atoms with E-state index in [0.29, 0.717) is 0 Å². The molecule has 0 N–H and O–H groups in total. The van der Waals surface area contributed by atoms with Gasteiger partial charge in [-0.2, -0.15) is 0 Å². The maximum Gasteiger partial charge on any atom is -0.00137 e. The Bertz CT molecular complexity index is 2320. The van der Waals surface area contributed by atoms with Crippen LogP contribution in [0.4, 0.5) is 0 Å². The third-order valence-corrected chi connectivity index (χ3v) is 9.27. The van der Waals surface area contributed by atoms with Gasteiger partial charge in [-0.15, -0.1) is 0 Å². The normalized spacial score (nSPS) is 12.9. The standard InChI is InChI=1S/C40H28/c1-40(2,3)26-21-24-16-15-23-17-19-33(32-20-18-25(22-26)35(24)36(23)32)37-30-11-6-7-12-31(30)38-28-10-5-4-9-27(28)29-13-8-14-34(37)39(29)38/h4-22H,1-3H3. The van der Waals surface area contributed by atoms with Gasteiger partial charge >= 0.3 is 0 Å². The number of benzene rings is 8. The predicted octanol–water partition coefficient (Wildman–Crippen LogP) is 11.5. The Morgan fingerprint density at radius 3 is 1.75 bits per heavy atom. The highest BCUT2D eigenvalue weighted by Gasteiger charge is 2.27. The lowest BCUT2D eigenvalue weighted by molar-refractivity contribution is 0.591. The van der Waals surface area contributed by atoms with Gasteiger partial charge < -0.3 is 0 Å². The molecule has 9 rings (SSSR count). The monoisotopic (exact) mass is 508 g/mol. The molecule has 0 bridgehead atoms. The highest BCUT2D eigenvalue weighted by molar-refractivity contribution is 6.32. The van der Waals surface area contributed by atoms with Gasteiger partial charge in [0.2, 0.25) is 0 Å². The second kappa shape index (κ2) is 7.49. The first-order valence-electron chi connectivity index (χ1n) is 14.3. The lowest BCUT2D eigenvalue weighted by Crippen LogP contribution is -2.10. The number of fused-ring (bicyclic) bond motifs is 5. The summed E-state index contributed by atoms with van der Waals surface area (Å²) in [7, 11) is 0. The van der Waals surface area contributed by atoms with Crippen LogP contribution in [0.15, 0.2) is 115 Å². The van der Waals surface area contributed by atoms with E-state index in [9.17, 15) is 0 Å². The first-order valence-corrected chi connectivity index (χ1v) is 14.3. The maximum atomic E-state index is 2.40. The molecule has 1 aliphatic rings. The number of hydrogen-bond acceptors (Lipinski definition) is 0. The molecule has 40 heavy (non-hydrogen) atoms. The Kier molecular flexibility index (Phi) is 4.15. The van der Waals surface area contributed by atoms with Crippen LogP contribution in [0, 0.1) is 0 Å². The van der Waals surface area contributed by atoms with E-state index in [1.165, 1.54) is 92.8 Å². The zero-order chi connectivity index (χ0) is 26.7. The average molecular weight is 509 g/mol. The van der Waals surface area contributed by atoms with Crippen LogP contribution in [0.2, 0.25) is 0 Å². The van der Waals surface area contributed by atoms with Crippen LogP contribution in [-0.4, -0.2) is 0 Å². The van der Waals surface area contributed by atoms with Crippen molar-refractivity contribution in [1.29, 1.82) is 0 Å². The minimum absolute atomic E-state index is 0.108. The molecule has 0 nitrogen and oxygen atoms in total. The highest BCUT2D eigenvalue weighted by atomic mass is 14.3. The maximum absolute atomic E-state index is 2.40. The fraction of sp³-hybridized carbons (Fsp3) is 0.100. The summed E-state index contributed by atoms with van der Waals surface area (Å²) in [4.78, 5) is 0. The third kappa shape index (κ3) is 2.76. The molecule has 0 fully saturated rings. The van der Waals surface area contributed by atoms with E-state index in [1.807, 2.05) is 0 Å². The molecule has 0 radical (unpaired) electrons. The summed E-state index contributed by atoms with van der Waals surface area (Å²) in [5.41, 5.74) is 9.58. The second-order valence-electron chi connectivity index (χ2n) is 12.5. The molecule has 188 valence electrons. The zero-order valence-electron chi connectivity index (χ0n) is 23.0.